The first-order valence-electron chi connectivity index (χ1n) is 8.16. The minimum Gasteiger partial charge on any atom is -0.444 e. The molecule has 1 saturated heterocycles. The Balaban J connectivity index is 2.10. The zero-order valence-electron chi connectivity index (χ0n) is 14.4. The van der Waals surface area contributed by atoms with Crippen LogP contribution in [0.5, 0.6) is 0 Å². The highest BCUT2D eigenvalue weighted by molar-refractivity contribution is 5.68. The van der Waals surface area contributed by atoms with E-state index in [1.807, 2.05) is 32.9 Å². The number of pyridine rings is 1. The van der Waals surface area contributed by atoms with E-state index in [2.05, 4.69) is 22.1 Å². The van der Waals surface area contributed by atoms with Gasteiger partial charge in [0.2, 0.25) is 0 Å². The van der Waals surface area contributed by atoms with Crippen molar-refractivity contribution >= 4 is 11.9 Å². The van der Waals surface area contributed by atoms with Crippen molar-refractivity contribution in [2.24, 2.45) is 0 Å². The molecule has 23 heavy (non-hydrogen) atoms. The van der Waals surface area contributed by atoms with Crippen molar-refractivity contribution in [1.29, 1.82) is 0 Å². The summed E-state index contributed by atoms with van der Waals surface area (Å²) < 4.78 is 5.63. The number of carbonyl (C=O) groups is 1. The molecule has 0 aromatic carbocycles. The minimum absolute atomic E-state index is 0.0495. The van der Waals surface area contributed by atoms with Crippen LogP contribution in [0.25, 0.3) is 0 Å². The molecule has 2 atom stereocenters. The first-order chi connectivity index (χ1) is 10.9. The highest BCUT2D eigenvalue weighted by Crippen LogP contribution is 2.30. The highest BCUT2D eigenvalue weighted by atomic mass is 16.6. The Bertz CT molecular complexity index is 542. The number of aromatic nitrogens is 1. The van der Waals surface area contributed by atoms with Crippen molar-refractivity contribution in [2.45, 2.75) is 64.8 Å². The van der Waals surface area contributed by atoms with E-state index in [0.717, 1.165) is 30.8 Å². The van der Waals surface area contributed by atoms with Crippen molar-refractivity contribution in [1.82, 2.24) is 10.3 Å². The van der Waals surface area contributed by atoms with Crippen LogP contribution in [0.4, 0.5) is 10.6 Å². The predicted molar refractivity (Wildman–Crippen MR) is 89.4 cm³/mol. The fourth-order valence-electron chi connectivity index (χ4n) is 2.99. The van der Waals surface area contributed by atoms with Crippen LogP contribution >= 0.6 is 0 Å². The number of rotatable bonds is 4. The summed E-state index contributed by atoms with van der Waals surface area (Å²) in [6.45, 7) is 8.56. The van der Waals surface area contributed by atoms with Crippen molar-refractivity contribution in [2.75, 3.05) is 11.4 Å². The standard InChI is InChI=1S/C17H27N3O3/c1-5-13-14(23-16(22)19-17(2,3)4)8-10-20(13)15-12(11-21)7-6-9-18-15/h6-7,9,13-14,21H,5,8,10-11H2,1-4H3,(H,19,22)/t13?,14-/m1/s1. The molecule has 2 heterocycles. The van der Waals surface area contributed by atoms with E-state index < -0.39 is 0 Å². The van der Waals surface area contributed by atoms with E-state index in [1.165, 1.54) is 0 Å². The number of carbonyl (C=O) groups excluding carboxylic acids is 1. The molecule has 1 amide bonds. The van der Waals surface area contributed by atoms with Crippen molar-refractivity contribution in [3.63, 3.8) is 0 Å². The number of aliphatic hydroxyl groups is 1. The maximum absolute atomic E-state index is 12.0. The minimum atomic E-state index is -0.383. The van der Waals surface area contributed by atoms with Crippen molar-refractivity contribution < 1.29 is 14.6 Å². The van der Waals surface area contributed by atoms with Gasteiger partial charge in [-0.3, -0.25) is 0 Å². The molecule has 128 valence electrons. The molecule has 0 bridgehead atoms. The highest BCUT2D eigenvalue weighted by Gasteiger charge is 2.37. The number of anilines is 1. The van der Waals surface area contributed by atoms with Gasteiger partial charge in [0.1, 0.15) is 11.9 Å². The number of alkyl carbamates (subject to hydrolysis) is 1. The van der Waals surface area contributed by atoms with Gasteiger partial charge in [-0.05, 0) is 33.3 Å². The van der Waals surface area contributed by atoms with E-state index in [-0.39, 0.29) is 30.4 Å². The fourth-order valence-corrected chi connectivity index (χ4v) is 2.99. The van der Waals surface area contributed by atoms with Crippen LogP contribution in [-0.2, 0) is 11.3 Å². The number of aliphatic hydroxyl groups excluding tert-OH is 1. The monoisotopic (exact) mass is 321 g/mol. The first-order valence-corrected chi connectivity index (χ1v) is 8.16. The number of hydrogen-bond donors (Lipinski definition) is 2. The summed E-state index contributed by atoms with van der Waals surface area (Å²) in [6.07, 6.45) is 2.77. The Morgan fingerprint density at radius 1 is 1.52 bits per heavy atom. The Morgan fingerprint density at radius 3 is 2.87 bits per heavy atom. The third kappa shape index (κ3) is 4.34. The summed E-state index contributed by atoms with van der Waals surface area (Å²) in [5, 5.41) is 12.3. The lowest BCUT2D eigenvalue weighted by atomic mass is 10.1. The predicted octanol–water partition coefficient (Wildman–Crippen LogP) is 2.46. The molecule has 6 heteroatoms. The van der Waals surface area contributed by atoms with Crippen LogP contribution in [0.2, 0.25) is 0 Å². The Hall–Kier alpha value is -1.82. The van der Waals surface area contributed by atoms with Gasteiger partial charge in [0.25, 0.3) is 0 Å². The summed E-state index contributed by atoms with van der Waals surface area (Å²) >= 11 is 0. The average Bonchev–Trinajstić information content (AvgIpc) is 2.87. The third-order valence-electron chi connectivity index (χ3n) is 3.95. The maximum atomic E-state index is 12.0. The third-order valence-corrected chi connectivity index (χ3v) is 3.95. The molecule has 2 N–H and O–H groups in total. The average molecular weight is 321 g/mol. The van der Waals surface area contributed by atoms with Gasteiger partial charge in [-0.2, -0.15) is 0 Å². The van der Waals surface area contributed by atoms with Crippen LogP contribution < -0.4 is 10.2 Å². The molecule has 1 aromatic rings. The molecule has 1 aliphatic heterocycles. The van der Waals surface area contributed by atoms with E-state index in [1.54, 1.807) is 6.20 Å². The lowest BCUT2D eigenvalue weighted by Gasteiger charge is -2.29. The van der Waals surface area contributed by atoms with E-state index in [9.17, 15) is 9.90 Å². The maximum Gasteiger partial charge on any atom is 0.407 e. The Morgan fingerprint density at radius 2 is 2.26 bits per heavy atom. The van der Waals surface area contributed by atoms with Crippen molar-refractivity contribution in [3.8, 4) is 0 Å². The largest absolute Gasteiger partial charge is 0.444 e. The Labute approximate surface area is 137 Å². The number of amides is 1. The molecular weight excluding hydrogens is 294 g/mol. The molecule has 0 spiro atoms. The zero-order valence-corrected chi connectivity index (χ0v) is 14.4. The molecular formula is C17H27N3O3. The molecule has 1 unspecified atom stereocenters. The van der Waals surface area contributed by atoms with Gasteiger partial charge in [-0.1, -0.05) is 13.0 Å². The van der Waals surface area contributed by atoms with Gasteiger partial charge in [0, 0.05) is 30.3 Å². The summed E-state index contributed by atoms with van der Waals surface area (Å²) in [5.41, 5.74) is 0.480. The molecule has 6 nitrogen and oxygen atoms in total. The fraction of sp³-hybridized carbons (Fsp3) is 0.647. The zero-order chi connectivity index (χ0) is 17.0. The number of hydrogen-bond acceptors (Lipinski definition) is 5. The van der Waals surface area contributed by atoms with Crippen LogP contribution in [0.15, 0.2) is 18.3 Å². The summed E-state index contributed by atoms with van der Waals surface area (Å²) in [5.74, 6) is 0.782. The second-order valence-electron chi connectivity index (χ2n) is 6.92. The molecule has 2 rings (SSSR count). The molecule has 1 aromatic heterocycles. The SMILES string of the molecule is CCC1[C@H](OC(=O)NC(C)(C)C)CCN1c1ncccc1CO. The van der Waals surface area contributed by atoms with E-state index in [4.69, 9.17) is 4.74 Å². The van der Waals surface area contributed by atoms with Gasteiger partial charge in [0.15, 0.2) is 0 Å². The van der Waals surface area contributed by atoms with Gasteiger partial charge in [-0.25, -0.2) is 9.78 Å². The quantitative estimate of drug-likeness (QED) is 0.891. The summed E-state index contributed by atoms with van der Waals surface area (Å²) in [6, 6.07) is 3.76. The lowest BCUT2D eigenvalue weighted by molar-refractivity contribution is 0.0856. The normalized spacial score (nSPS) is 21.3. The number of ether oxygens (including phenoxy) is 1. The van der Waals surface area contributed by atoms with Gasteiger partial charge >= 0.3 is 6.09 Å². The van der Waals surface area contributed by atoms with E-state index >= 15 is 0 Å². The molecule has 1 fully saturated rings. The Kier molecular flexibility index (Phi) is 5.46. The second kappa shape index (κ2) is 7.17. The smallest absolute Gasteiger partial charge is 0.407 e. The van der Waals surface area contributed by atoms with Gasteiger partial charge in [-0.15, -0.1) is 0 Å². The molecule has 0 aliphatic carbocycles. The lowest BCUT2D eigenvalue weighted by Crippen LogP contribution is -2.44. The summed E-state index contributed by atoms with van der Waals surface area (Å²) in [7, 11) is 0. The van der Waals surface area contributed by atoms with Crippen LogP contribution in [-0.4, -0.2) is 40.4 Å². The second-order valence-corrected chi connectivity index (χ2v) is 6.92. The number of nitrogens with zero attached hydrogens (tertiary/aromatic N) is 2. The van der Waals surface area contributed by atoms with Gasteiger partial charge < -0.3 is 20.1 Å². The van der Waals surface area contributed by atoms with E-state index in [0.29, 0.717) is 0 Å². The molecule has 0 saturated carbocycles. The molecule has 1 aliphatic rings. The summed E-state index contributed by atoms with van der Waals surface area (Å²) in [4.78, 5) is 18.6. The number of nitrogens with one attached hydrogen (secondary N) is 1. The van der Waals surface area contributed by atoms with Crippen LogP contribution in [0.3, 0.4) is 0 Å². The topological polar surface area (TPSA) is 74.7 Å². The van der Waals surface area contributed by atoms with Crippen LogP contribution in [0.1, 0.15) is 46.1 Å². The molecule has 0 radical (unpaired) electrons. The first kappa shape index (κ1) is 17.5. The van der Waals surface area contributed by atoms with Crippen molar-refractivity contribution in [3.05, 3.63) is 23.9 Å². The van der Waals surface area contributed by atoms with Crippen LogP contribution in [0, 0.1) is 0 Å². The van der Waals surface area contributed by atoms with Gasteiger partial charge in [0.05, 0.1) is 12.6 Å².